The second-order valence-corrected chi connectivity index (χ2v) is 7.75. The van der Waals surface area contributed by atoms with Crippen LogP contribution >= 0.6 is 0 Å². The van der Waals surface area contributed by atoms with Crippen molar-refractivity contribution in [2.75, 3.05) is 11.5 Å². The molecule has 1 aliphatic heterocycles. The van der Waals surface area contributed by atoms with E-state index < -0.39 is 29.9 Å². The van der Waals surface area contributed by atoms with Crippen LogP contribution < -0.4 is 4.90 Å². The number of amides is 2. The first-order chi connectivity index (χ1) is 16.8. The molecule has 1 aliphatic rings. The van der Waals surface area contributed by atoms with Crippen molar-refractivity contribution in [3.05, 3.63) is 101 Å². The maximum Gasteiger partial charge on any atom is 0.338 e. The molecule has 8 heteroatoms. The number of hydrogen-bond donors (Lipinski definition) is 0. The highest BCUT2D eigenvalue weighted by molar-refractivity contribution is 6.34. The lowest BCUT2D eigenvalue weighted by molar-refractivity contribution is 0.0318. The van der Waals surface area contributed by atoms with Gasteiger partial charge >= 0.3 is 11.9 Å². The van der Waals surface area contributed by atoms with Gasteiger partial charge in [0.2, 0.25) is 5.78 Å². The number of carbonyl (C=O) groups excluding carboxylic acids is 5. The topological polar surface area (TPSA) is 107 Å². The Morgan fingerprint density at radius 2 is 1.40 bits per heavy atom. The van der Waals surface area contributed by atoms with Gasteiger partial charge in [-0.1, -0.05) is 30.3 Å². The number of anilines is 1. The Hall–Kier alpha value is -4.59. The average molecular weight is 471 g/mol. The highest BCUT2D eigenvalue weighted by Crippen LogP contribution is 2.29. The molecule has 0 spiro atoms. The van der Waals surface area contributed by atoms with E-state index in [9.17, 15) is 24.0 Å². The standard InChI is InChI=1S/C27H21NO7/c1-3-34-26(32)18-9-12-20(13-10-18)28-24(30)21-14-11-19(15-22(21)25(28)31)27(33)35-16(2)23(29)17-7-5-4-6-8-17/h4-16H,3H2,1-2H3/t16-/m0/s1. The molecular formula is C27H21NO7. The van der Waals surface area contributed by atoms with Crippen molar-refractivity contribution in [1.82, 2.24) is 0 Å². The van der Waals surface area contributed by atoms with Crippen LogP contribution in [0.3, 0.4) is 0 Å². The first-order valence-electron chi connectivity index (χ1n) is 10.9. The summed E-state index contributed by atoms with van der Waals surface area (Å²) < 4.78 is 10.2. The third-order valence-electron chi connectivity index (χ3n) is 5.47. The van der Waals surface area contributed by atoms with Gasteiger partial charge in [-0.15, -0.1) is 0 Å². The largest absolute Gasteiger partial charge is 0.462 e. The number of hydrogen-bond acceptors (Lipinski definition) is 7. The molecule has 1 heterocycles. The molecule has 3 aromatic carbocycles. The third-order valence-corrected chi connectivity index (χ3v) is 5.47. The molecule has 2 amide bonds. The van der Waals surface area contributed by atoms with E-state index >= 15 is 0 Å². The van der Waals surface area contributed by atoms with Crippen molar-refractivity contribution in [2.24, 2.45) is 0 Å². The summed E-state index contributed by atoms with van der Waals surface area (Å²) in [5.41, 5.74) is 1.19. The predicted octanol–water partition coefficient (Wildman–Crippen LogP) is 4.09. The molecule has 0 bridgehead atoms. The normalized spacial score (nSPS) is 13.3. The SMILES string of the molecule is CCOC(=O)c1ccc(N2C(=O)c3ccc(C(=O)O[C@@H](C)C(=O)c4ccccc4)cc3C2=O)cc1. The van der Waals surface area contributed by atoms with Gasteiger partial charge in [0.1, 0.15) is 0 Å². The van der Waals surface area contributed by atoms with E-state index in [4.69, 9.17) is 9.47 Å². The minimum atomic E-state index is -1.04. The summed E-state index contributed by atoms with van der Waals surface area (Å²) >= 11 is 0. The summed E-state index contributed by atoms with van der Waals surface area (Å²) in [6.45, 7) is 3.39. The minimum absolute atomic E-state index is 0.0390. The lowest BCUT2D eigenvalue weighted by Crippen LogP contribution is -2.29. The van der Waals surface area contributed by atoms with Crippen molar-refractivity contribution in [3.8, 4) is 0 Å². The molecule has 8 nitrogen and oxygen atoms in total. The van der Waals surface area contributed by atoms with Crippen molar-refractivity contribution in [1.29, 1.82) is 0 Å². The number of fused-ring (bicyclic) bond motifs is 1. The highest BCUT2D eigenvalue weighted by Gasteiger charge is 2.37. The summed E-state index contributed by atoms with van der Waals surface area (Å²) in [5.74, 6) is -2.83. The Bertz CT molecular complexity index is 1330. The van der Waals surface area contributed by atoms with Gasteiger partial charge in [0, 0.05) is 5.56 Å². The quantitative estimate of drug-likeness (QED) is 0.290. The maximum absolute atomic E-state index is 13.0. The van der Waals surface area contributed by atoms with Crippen LogP contribution in [0.25, 0.3) is 0 Å². The van der Waals surface area contributed by atoms with Crippen LogP contribution in [0.5, 0.6) is 0 Å². The van der Waals surface area contributed by atoms with Crippen molar-refractivity contribution in [3.63, 3.8) is 0 Å². The summed E-state index contributed by atoms with van der Waals surface area (Å²) in [6.07, 6.45) is -1.04. The van der Waals surface area contributed by atoms with Gasteiger partial charge in [0.25, 0.3) is 11.8 Å². The minimum Gasteiger partial charge on any atom is -0.462 e. The molecule has 0 saturated carbocycles. The second kappa shape index (κ2) is 9.72. The van der Waals surface area contributed by atoms with Gasteiger partial charge < -0.3 is 9.47 Å². The number of esters is 2. The molecule has 0 fully saturated rings. The number of rotatable bonds is 7. The third kappa shape index (κ3) is 4.59. The van der Waals surface area contributed by atoms with E-state index in [1.807, 2.05) is 0 Å². The maximum atomic E-state index is 13.0. The first kappa shape index (κ1) is 23.6. The van der Waals surface area contributed by atoms with E-state index in [0.717, 1.165) is 4.90 Å². The van der Waals surface area contributed by atoms with Gasteiger partial charge in [0.05, 0.1) is 34.5 Å². The number of ketones is 1. The van der Waals surface area contributed by atoms with Crippen LogP contribution in [0.4, 0.5) is 5.69 Å². The Morgan fingerprint density at radius 3 is 2.06 bits per heavy atom. The number of benzene rings is 3. The number of Topliss-reactive ketones (excluding diaryl/α,β-unsaturated/α-hetero) is 1. The van der Waals surface area contributed by atoms with Crippen molar-refractivity contribution in [2.45, 2.75) is 20.0 Å². The molecule has 0 radical (unpaired) electrons. The van der Waals surface area contributed by atoms with E-state index in [0.29, 0.717) is 5.56 Å². The molecule has 0 saturated heterocycles. The fourth-order valence-corrected chi connectivity index (χ4v) is 3.68. The summed E-state index contributed by atoms with van der Waals surface area (Å²) in [6, 6.07) is 18.3. The molecule has 0 unspecified atom stereocenters. The molecule has 0 aromatic heterocycles. The van der Waals surface area contributed by atoms with Crippen molar-refractivity contribution < 1.29 is 33.4 Å². The fourth-order valence-electron chi connectivity index (χ4n) is 3.68. The van der Waals surface area contributed by atoms with Gasteiger partial charge in [-0.25, -0.2) is 14.5 Å². The van der Waals surface area contributed by atoms with Crippen molar-refractivity contribution >= 4 is 35.2 Å². The Labute approximate surface area is 201 Å². The van der Waals surface area contributed by atoms with Crippen LogP contribution in [0.2, 0.25) is 0 Å². The Kier molecular flexibility index (Phi) is 6.55. The zero-order chi connectivity index (χ0) is 25.1. The van der Waals surface area contributed by atoms with Crippen LogP contribution in [-0.2, 0) is 9.47 Å². The second-order valence-electron chi connectivity index (χ2n) is 7.75. The Morgan fingerprint density at radius 1 is 0.771 bits per heavy atom. The molecule has 3 aromatic rings. The van der Waals surface area contributed by atoms with E-state index in [1.54, 1.807) is 37.3 Å². The number of carbonyl (C=O) groups is 5. The van der Waals surface area contributed by atoms with Crippen LogP contribution in [0.15, 0.2) is 72.8 Å². The Balaban J connectivity index is 1.52. The smallest absolute Gasteiger partial charge is 0.338 e. The van der Waals surface area contributed by atoms with E-state index in [-0.39, 0.29) is 40.3 Å². The van der Waals surface area contributed by atoms with Crippen LogP contribution in [0, 0.1) is 0 Å². The highest BCUT2D eigenvalue weighted by atomic mass is 16.5. The summed E-state index contributed by atoms with van der Waals surface area (Å²) in [4.78, 5) is 63.9. The molecule has 176 valence electrons. The zero-order valence-corrected chi connectivity index (χ0v) is 19.0. The fraction of sp³-hybridized carbons (Fsp3) is 0.148. The van der Waals surface area contributed by atoms with Crippen LogP contribution in [-0.4, -0.2) is 42.2 Å². The number of nitrogens with zero attached hydrogens (tertiary/aromatic N) is 1. The molecule has 1 atom stereocenters. The van der Waals surface area contributed by atoms with Gasteiger partial charge in [-0.3, -0.25) is 14.4 Å². The molecule has 0 aliphatic carbocycles. The van der Waals surface area contributed by atoms with E-state index in [2.05, 4.69) is 0 Å². The van der Waals surface area contributed by atoms with Gasteiger partial charge in [0.15, 0.2) is 6.10 Å². The van der Waals surface area contributed by atoms with Crippen LogP contribution in [0.1, 0.15) is 65.6 Å². The zero-order valence-electron chi connectivity index (χ0n) is 19.0. The monoisotopic (exact) mass is 471 g/mol. The summed E-state index contributed by atoms with van der Waals surface area (Å²) in [5, 5.41) is 0. The lowest BCUT2D eigenvalue weighted by Gasteiger charge is -2.14. The predicted molar refractivity (Wildman–Crippen MR) is 126 cm³/mol. The van der Waals surface area contributed by atoms with E-state index in [1.165, 1.54) is 49.4 Å². The first-order valence-corrected chi connectivity index (χ1v) is 10.9. The lowest BCUT2D eigenvalue weighted by atomic mass is 10.1. The molecule has 35 heavy (non-hydrogen) atoms. The summed E-state index contributed by atoms with van der Waals surface area (Å²) in [7, 11) is 0. The van der Waals surface area contributed by atoms with Gasteiger partial charge in [-0.05, 0) is 56.3 Å². The molecular weight excluding hydrogens is 450 g/mol. The molecule has 0 N–H and O–H groups in total. The number of ether oxygens (including phenoxy) is 2. The average Bonchev–Trinajstić information content (AvgIpc) is 3.13. The molecule has 4 rings (SSSR count). The number of imide groups is 1. The van der Waals surface area contributed by atoms with Gasteiger partial charge in [-0.2, -0.15) is 0 Å².